The van der Waals surface area contributed by atoms with Crippen LogP contribution in [0.5, 0.6) is 0 Å². The molecule has 4 aromatic heterocycles. The van der Waals surface area contributed by atoms with Crippen LogP contribution in [0.1, 0.15) is 76.0 Å². The van der Waals surface area contributed by atoms with Gasteiger partial charge in [0.15, 0.2) is 11.5 Å². The molecule has 8 heterocycles. The number of ether oxygens (including phenoxy) is 1. The molecule has 51 heavy (non-hydrogen) atoms. The van der Waals surface area contributed by atoms with Crippen LogP contribution in [-0.4, -0.2) is 97.5 Å². The number of piperidine rings is 1. The summed E-state index contributed by atoms with van der Waals surface area (Å²) in [6.07, 6.45) is 16.7. The van der Waals surface area contributed by atoms with E-state index in [0.29, 0.717) is 5.82 Å². The first-order chi connectivity index (χ1) is 25.1. The summed E-state index contributed by atoms with van der Waals surface area (Å²) in [6, 6.07) is 20.9. The Morgan fingerprint density at radius 1 is 0.608 bits per heavy atom. The topological polar surface area (TPSA) is 98.7 Å². The van der Waals surface area contributed by atoms with Crippen LogP contribution >= 0.6 is 0 Å². The summed E-state index contributed by atoms with van der Waals surface area (Å²) in [5.74, 6) is 1.55. The maximum Gasteiger partial charge on any atom is 0.210 e. The lowest BCUT2D eigenvalue weighted by Crippen LogP contribution is -2.89. The Bertz CT molecular complexity index is 1700. The smallest absolute Gasteiger partial charge is 0.210 e. The summed E-state index contributed by atoms with van der Waals surface area (Å²) in [4.78, 5) is 36.7. The van der Waals surface area contributed by atoms with Gasteiger partial charge in [0.25, 0.3) is 0 Å². The van der Waals surface area contributed by atoms with E-state index in [2.05, 4.69) is 75.2 Å². The van der Waals surface area contributed by atoms with Crippen LogP contribution in [0.15, 0.2) is 91.6 Å². The standard InChI is InChI=1S/C40H52N10O/c1-3-19-37(2)40(49-29-13-14-30-49,36-45-23-15-24-46-36)51-39(34-17-6-9-21-43-34,48-27-11-4-12-28-48)38(33-16-5-8-20-42-33,47-31-25-41-26-32-47)50(37)35-18-7-10-22-44-35/h5-10,15-18,20-24,41H,3-4,11-14,19,25-32H2,1-2H3. The van der Waals surface area contributed by atoms with Crippen molar-refractivity contribution < 1.29 is 4.74 Å². The summed E-state index contributed by atoms with van der Waals surface area (Å²) in [6.45, 7) is 11.4. The van der Waals surface area contributed by atoms with Gasteiger partial charge in [-0.1, -0.05) is 38.0 Å². The van der Waals surface area contributed by atoms with Gasteiger partial charge < -0.3 is 15.0 Å². The Hall–Kier alpha value is -3.87. The number of hydrogen-bond donors (Lipinski definition) is 1. The van der Waals surface area contributed by atoms with Crippen molar-refractivity contribution in [3.8, 4) is 0 Å². The van der Waals surface area contributed by atoms with Gasteiger partial charge in [-0.05, 0) is 81.5 Å². The average Bonchev–Trinajstić information content (AvgIpc) is 3.75. The minimum atomic E-state index is -1.19. The lowest BCUT2D eigenvalue weighted by atomic mass is 9.69. The van der Waals surface area contributed by atoms with Crippen LogP contribution in [0.3, 0.4) is 0 Å². The molecule has 0 radical (unpaired) electrons. The molecule has 11 nitrogen and oxygen atoms in total. The summed E-state index contributed by atoms with van der Waals surface area (Å²) in [5, 5.41) is 3.66. The van der Waals surface area contributed by atoms with Crippen molar-refractivity contribution in [2.75, 3.05) is 57.3 Å². The Balaban J connectivity index is 1.61. The first-order valence-electron chi connectivity index (χ1n) is 19.1. The molecular weight excluding hydrogens is 637 g/mol. The summed E-state index contributed by atoms with van der Waals surface area (Å²) >= 11 is 0. The molecule has 4 fully saturated rings. The van der Waals surface area contributed by atoms with Gasteiger partial charge in [0.1, 0.15) is 5.82 Å². The van der Waals surface area contributed by atoms with Gasteiger partial charge in [0.05, 0.1) is 16.9 Å². The van der Waals surface area contributed by atoms with Gasteiger partial charge in [0, 0.05) is 83.3 Å². The van der Waals surface area contributed by atoms with Crippen molar-refractivity contribution in [2.45, 2.75) is 81.4 Å². The Morgan fingerprint density at radius 2 is 1.18 bits per heavy atom. The van der Waals surface area contributed by atoms with E-state index in [0.717, 1.165) is 108 Å². The first-order valence-corrected chi connectivity index (χ1v) is 19.1. The summed E-state index contributed by atoms with van der Waals surface area (Å²) in [5.41, 5.74) is -2.29. The lowest BCUT2D eigenvalue weighted by Gasteiger charge is -2.74. The van der Waals surface area contributed by atoms with E-state index < -0.39 is 22.7 Å². The van der Waals surface area contributed by atoms with Gasteiger partial charge in [-0.25, -0.2) is 15.0 Å². The number of piperazine rings is 1. The van der Waals surface area contributed by atoms with Crippen LogP contribution in [0.2, 0.25) is 0 Å². The number of aromatic nitrogens is 5. The molecule has 8 rings (SSSR count). The predicted molar refractivity (Wildman–Crippen MR) is 197 cm³/mol. The zero-order chi connectivity index (χ0) is 34.8. The number of nitrogens with one attached hydrogen (secondary N) is 1. The van der Waals surface area contributed by atoms with E-state index in [1.165, 1.54) is 6.42 Å². The van der Waals surface area contributed by atoms with Gasteiger partial charge in [-0.3, -0.25) is 24.7 Å². The number of morpholine rings is 1. The van der Waals surface area contributed by atoms with Crippen molar-refractivity contribution in [3.05, 3.63) is 109 Å². The van der Waals surface area contributed by atoms with Crippen LogP contribution in [0.25, 0.3) is 0 Å². The summed E-state index contributed by atoms with van der Waals surface area (Å²) < 4.78 is 8.59. The minimum Gasteiger partial charge on any atom is -0.319 e. The second kappa shape index (κ2) is 14.3. The highest BCUT2D eigenvalue weighted by molar-refractivity contribution is 5.55. The molecule has 4 unspecified atom stereocenters. The highest BCUT2D eigenvalue weighted by atomic mass is 16.6. The van der Waals surface area contributed by atoms with Crippen molar-refractivity contribution in [3.63, 3.8) is 0 Å². The number of anilines is 1. The zero-order valence-corrected chi connectivity index (χ0v) is 30.2. The number of nitrogens with zero attached hydrogens (tertiary/aromatic N) is 9. The number of rotatable bonds is 9. The van der Waals surface area contributed by atoms with E-state index in [4.69, 9.17) is 29.7 Å². The van der Waals surface area contributed by atoms with Gasteiger partial charge in [-0.2, -0.15) is 0 Å². The quantitative estimate of drug-likeness (QED) is 0.254. The molecule has 0 saturated carbocycles. The van der Waals surface area contributed by atoms with Crippen molar-refractivity contribution >= 4 is 5.82 Å². The second-order valence-electron chi connectivity index (χ2n) is 14.6. The van der Waals surface area contributed by atoms with Crippen LogP contribution in [0.4, 0.5) is 5.82 Å². The third kappa shape index (κ3) is 5.22. The molecule has 11 heteroatoms. The van der Waals surface area contributed by atoms with Gasteiger partial charge >= 0.3 is 0 Å². The zero-order valence-electron chi connectivity index (χ0n) is 30.2. The average molecular weight is 689 g/mol. The van der Waals surface area contributed by atoms with Gasteiger partial charge in [-0.15, -0.1) is 0 Å². The molecule has 0 aliphatic carbocycles. The van der Waals surface area contributed by atoms with Crippen LogP contribution in [-0.2, 0) is 21.8 Å². The number of pyridine rings is 3. The van der Waals surface area contributed by atoms with E-state index >= 15 is 0 Å². The second-order valence-corrected chi connectivity index (χ2v) is 14.6. The highest BCUT2D eigenvalue weighted by Crippen LogP contribution is 2.66. The van der Waals surface area contributed by atoms with Crippen molar-refractivity contribution in [1.29, 1.82) is 0 Å². The fourth-order valence-electron chi connectivity index (χ4n) is 9.88. The molecule has 1 N–H and O–H groups in total. The Labute approximate surface area is 302 Å². The molecule has 0 spiro atoms. The minimum absolute atomic E-state index is 0.677. The van der Waals surface area contributed by atoms with Gasteiger partial charge in [0.2, 0.25) is 11.4 Å². The molecule has 0 aromatic carbocycles. The maximum atomic E-state index is 8.59. The van der Waals surface area contributed by atoms with E-state index in [-0.39, 0.29) is 0 Å². The van der Waals surface area contributed by atoms with Crippen LogP contribution < -0.4 is 10.2 Å². The molecule has 268 valence electrons. The maximum absolute atomic E-state index is 8.59. The number of likely N-dealkylation sites (tertiary alicyclic amines) is 2. The Kier molecular flexibility index (Phi) is 9.58. The molecule has 4 aliphatic heterocycles. The lowest BCUT2D eigenvalue weighted by molar-refractivity contribution is -0.394. The molecule has 4 aliphatic rings. The largest absolute Gasteiger partial charge is 0.319 e. The monoisotopic (exact) mass is 688 g/mol. The molecule has 4 atom stereocenters. The Morgan fingerprint density at radius 3 is 1.76 bits per heavy atom. The third-order valence-electron chi connectivity index (χ3n) is 11.8. The fourth-order valence-corrected chi connectivity index (χ4v) is 9.88. The molecule has 0 amide bonds. The summed E-state index contributed by atoms with van der Waals surface area (Å²) in [7, 11) is 0. The fraction of sp³-hybridized carbons (Fsp3) is 0.525. The van der Waals surface area contributed by atoms with E-state index in [1.54, 1.807) is 0 Å². The van der Waals surface area contributed by atoms with Crippen molar-refractivity contribution in [1.82, 2.24) is 44.9 Å². The highest BCUT2D eigenvalue weighted by Gasteiger charge is 2.79. The first kappa shape index (κ1) is 34.2. The normalized spacial score (nSPS) is 31.1. The van der Waals surface area contributed by atoms with E-state index in [9.17, 15) is 0 Å². The van der Waals surface area contributed by atoms with Crippen LogP contribution in [0, 0.1) is 0 Å². The molecule has 4 aromatic rings. The molecule has 4 saturated heterocycles. The van der Waals surface area contributed by atoms with E-state index in [1.807, 2.05) is 55.2 Å². The SMILES string of the molecule is CCCC1(C)N(c2ccccn2)C(c2ccccn2)(N2CCNCC2)C(c2ccccn2)(N2CCCCC2)OC1(c1ncccn1)N1CCCC1. The molecule has 0 bridgehead atoms. The predicted octanol–water partition coefficient (Wildman–Crippen LogP) is 5.10. The molecular formula is C40H52N10O. The van der Waals surface area contributed by atoms with Crippen molar-refractivity contribution in [2.24, 2.45) is 0 Å². The number of hydrogen-bond acceptors (Lipinski definition) is 11. The third-order valence-corrected chi connectivity index (χ3v) is 11.8.